The second-order valence-electron chi connectivity index (χ2n) is 3.68. The molecule has 0 radical (unpaired) electrons. The van der Waals surface area contributed by atoms with Crippen LogP contribution >= 0.6 is 27.5 Å². The summed E-state index contributed by atoms with van der Waals surface area (Å²) < 4.78 is 1.03. The molecule has 0 aliphatic carbocycles. The first kappa shape index (κ1) is 12.8. The van der Waals surface area contributed by atoms with Crippen LogP contribution in [0.4, 0.5) is 0 Å². The SMILES string of the molecule is CNC(C=C(C)C)c1ccc(Cl)cc1Br. The number of benzene rings is 1. The molecule has 0 amide bonds. The van der Waals surface area contributed by atoms with Crippen molar-refractivity contribution < 1.29 is 0 Å². The van der Waals surface area contributed by atoms with E-state index in [2.05, 4.69) is 41.2 Å². The van der Waals surface area contributed by atoms with E-state index >= 15 is 0 Å². The largest absolute Gasteiger partial charge is 0.310 e. The molecular formula is C12H15BrClN. The fraction of sp³-hybridized carbons (Fsp3) is 0.333. The van der Waals surface area contributed by atoms with Crippen LogP contribution in [0.5, 0.6) is 0 Å². The number of halogens is 2. The van der Waals surface area contributed by atoms with Crippen molar-refractivity contribution >= 4 is 27.5 Å². The van der Waals surface area contributed by atoms with Crippen molar-refractivity contribution in [3.63, 3.8) is 0 Å². The summed E-state index contributed by atoms with van der Waals surface area (Å²) in [7, 11) is 1.95. The Morgan fingerprint density at radius 3 is 2.60 bits per heavy atom. The summed E-state index contributed by atoms with van der Waals surface area (Å²) in [6.45, 7) is 4.18. The van der Waals surface area contributed by atoms with Gasteiger partial charge < -0.3 is 5.32 Å². The molecule has 0 spiro atoms. The maximum absolute atomic E-state index is 5.90. The van der Waals surface area contributed by atoms with Crippen LogP contribution in [0.1, 0.15) is 25.5 Å². The molecule has 0 bridgehead atoms. The quantitative estimate of drug-likeness (QED) is 0.816. The molecule has 0 aromatic heterocycles. The molecule has 1 atom stereocenters. The van der Waals surface area contributed by atoms with Gasteiger partial charge in [0, 0.05) is 9.50 Å². The molecule has 1 unspecified atom stereocenters. The molecule has 1 aromatic rings. The van der Waals surface area contributed by atoms with Gasteiger partial charge in [-0.1, -0.05) is 45.2 Å². The van der Waals surface area contributed by atoms with Crippen molar-refractivity contribution in [2.24, 2.45) is 0 Å². The molecule has 15 heavy (non-hydrogen) atoms. The molecule has 1 nitrogen and oxygen atoms in total. The molecule has 0 fully saturated rings. The van der Waals surface area contributed by atoms with Crippen LogP contribution in [0.15, 0.2) is 34.3 Å². The van der Waals surface area contributed by atoms with Crippen molar-refractivity contribution in [1.29, 1.82) is 0 Å². The Balaban J connectivity index is 3.07. The van der Waals surface area contributed by atoms with Gasteiger partial charge in [0.15, 0.2) is 0 Å². The molecule has 1 aromatic carbocycles. The summed E-state index contributed by atoms with van der Waals surface area (Å²) in [5.74, 6) is 0. The van der Waals surface area contributed by atoms with E-state index in [9.17, 15) is 0 Å². The summed E-state index contributed by atoms with van der Waals surface area (Å²) in [4.78, 5) is 0. The molecule has 0 aliphatic heterocycles. The Morgan fingerprint density at radius 1 is 1.47 bits per heavy atom. The number of nitrogens with one attached hydrogen (secondary N) is 1. The third-order valence-electron chi connectivity index (χ3n) is 2.11. The number of likely N-dealkylation sites (N-methyl/N-ethyl adjacent to an activating group) is 1. The molecule has 0 saturated heterocycles. The minimum atomic E-state index is 0.224. The fourth-order valence-corrected chi connectivity index (χ4v) is 2.34. The zero-order chi connectivity index (χ0) is 11.4. The van der Waals surface area contributed by atoms with Gasteiger partial charge in [-0.3, -0.25) is 0 Å². The summed E-state index contributed by atoms with van der Waals surface area (Å²) in [5.41, 5.74) is 2.49. The van der Waals surface area contributed by atoms with Crippen LogP contribution in [0, 0.1) is 0 Å². The van der Waals surface area contributed by atoms with Gasteiger partial charge in [-0.15, -0.1) is 0 Å². The van der Waals surface area contributed by atoms with E-state index in [1.54, 1.807) is 0 Å². The Bertz CT molecular complexity index is 370. The fourth-order valence-electron chi connectivity index (χ4n) is 1.42. The third kappa shape index (κ3) is 3.63. The van der Waals surface area contributed by atoms with E-state index in [1.165, 1.54) is 11.1 Å². The van der Waals surface area contributed by atoms with Crippen LogP contribution in [0.25, 0.3) is 0 Å². The van der Waals surface area contributed by atoms with Crippen LogP contribution in [0.2, 0.25) is 5.02 Å². The lowest BCUT2D eigenvalue weighted by Crippen LogP contribution is -2.14. The van der Waals surface area contributed by atoms with Gasteiger partial charge in [0.1, 0.15) is 0 Å². The molecule has 1 N–H and O–H groups in total. The summed E-state index contributed by atoms with van der Waals surface area (Å²) >= 11 is 9.43. The maximum atomic E-state index is 5.90. The Morgan fingerprint density at radius 2 is 2.13 bits per heavy atom. The van der Waals surface area contributed by atoms with E-state index < -0.39 is 0 Å². The van der Waals surface area contributed by atoms with E-state index in [1.807, 2.05) is 25.2 Å². The highest BCUT2D eigenvalue weighted by Gasteiger charge is 2.09. The zero-order valence-corrected chi connectivity index (χ0v) is 11.5. The average Bonchev–Trinajstić information content (AvgIpc) is 2.14. The smallest absolute Gasteiger partial charge is 0.0517 e. The second kappa shape index (κ2) is 5.69. The van der Waals surface area contributed by atoms with E-state index in [4.69, 9.17) is 11.6 Å². The van der Waals surface area contributed by atoms with Crippen LogP contribution in [-0.4, -0.2) is 7.05 Å². The number of allylic oxidation sites excluding steroid dienone is 1. The Hall–Kier alpha value is -0.310. The number of rotatable bonds is 3. The second-order valence-corrected chi connectivity index (χ2v) is 4.97. The average molecular weight is 289 g/mol. The summed E-state index contributed by atoms with van der Waals surface area (Å²) in [6, 6.07) is 6.08. The Kier molecular flexibility index (Phi) is 4.84. The van der Waals surface area contributed by atoms with Crippen molar-refractivity contribution in [2.75, 3.05) is 7.05 Å². The van der Waals surface area contributed by atoms with Crippen LogP contribution in [-0.2, 0) is 0 Å². The molecule has 0 saturated carbocycles. The molecule has 1 rings (SSSR count). The van der Waals surface area contributed by atoms with Gasteiger partial charge >= 0.3 is 0 Å². The van der Waals surface area contributed by atoms with Gasteiger partial charge in [0.2, 0.25) is 0 Å². The lowest BCUT2D eigenvalue weighted by atomic mass is 10.1. The maximum Gasteiger partial charge on any atom is 0.0517 e. The molecule has 82 valence electrons. The van der Waals surface area contributed by atoms with Crippen molar-refractivity contribution in [3.05, 3.63) is 44.9 Å². The molecule has 3 heteroatoms. The van der Waals surface area contributed by atoms with Gasteiger partial charge in [-0.2, -0.15) is 0 Å². The first-order valence-corrected chi connectivity index (χ1v) is 5.99. The number of hydrogen-bond acceptors (Lipinski definition) is 1. The van der Waals surface area contributed by atoms with E-state index in [-0.39, 0.29) is 6.04 Å². The standard InChI is InChI=1S/C12H15BrClN/c1-8(2)6-12(15-3)10-5-4-9(14)7-11(10)13/h4-7,12,15H,1-3H3. The lowest BCUT2D eigenvalue weighted by molar-refractivity contribution is 0.707. The first-order valence-electron chi connectivity index (χ1n) is 4.82. The van der Waals surface area contributed by atoms with Crippen molar-refractivity contribution in [1.82, 2.24) is 5.32 Å². The van der Waals surface area contributed by atoms with E-state index in [0.717, 1.165) is 9.50 Å². The third-order valence-corrected chi connectivity index (χ3v) is 3.03. The highest BCUT2D eigenvalue weighted by atomic mass is 79.9. The summed E-state index contributed by atoms with van der Waals surface area (Å²) in [6.07, 6.45) is 2.19. The van der Waals surface area contributed by atoms with Gasteiger partial charge in [-0.05, 0) is 38.6 Å². The summed E-state index contributed by atoms with van der Waals surface area (Å²) in [5, 5.41) is 4.01. The monoisotopic (exact) mass is 287 g/mol. The zero-order valence-electron chi connectivity index (χ0n) is 9.14. The van der Waals surface area contributed by atoms with E-state index in [0.29, 0.717) is 0 Å². The lowest BCUT2D eigenvalue weighted by Gasteiger charge is -2.15. The van der Waals surface area contributed by atoms with Gasteiger partial charge in [0.05, 0.1) is 6.04 Å². The van der Waals surface area contributed by atoms with Gasteiger partial charge in [0.25, 0.3) is 0 Å². The Labute approximate surface area is 105 Å². The normalized spacial score (nSPS) is 12.3. The minimum absolute atomic E-state index is 0.224. The van der Waals surface area contributed by atoms with Crippen LogP contribution < -0.4 is 5.32 Å². The predicted octanol–water partition coefficient (Wildman–Crippen LogP) is 4.33. The van der Waals surface area contributed by atoms with Gasteiger partial charge in [-0.25, -0.2) is 0 Å². The highest BCUT2D eigenvalue weighted by Crippen LogP contribution is 2.27. The molecule has 0 heterocycles. The highest BCUT2D eigenvalue weighted by molar-refractivity contribution is 9.10. The van der Waals surface area contributed by atoms with Crippen molar-refractivity contribution in [2.45, 2.75) is 19.9 Å². The van der Waals surface area contributed by atoms with Crippen LogP contribution in [0.3, 0.4) is 0 Å². The topological polar surface area (TPSA) is 12.0 Å². The minimum Gasteiger partial charge on any atom is -0.310 e. The molecule has 0 aliphatic rings. The number of hydrogen-bond donors (Lipinski definition) is 1. The van der Waals surface area contributed by atoms with Crippen molar-refractivity contribution in [3.8, 4) is 0 Å². The first-order chi connectivity index (χ1) is 7.04. The predicted molar refractivity (Wildman–Crippen MR) is 70.4 cm³/mol. The molecular weight excluding hydrogens is 273 g/mol.